The molecule has 4 nitrogen and oxygen atoms in total. The number of H-pyrrole nitrogens is 1. The summed E-state index contributed by atoms with van der Waals surface area (Å²) in [6, 6.07) is 18.0. The van der Waals surface area contributed by atoms with Gasteiger partial charge in [-0.05, 0) is 60.1 Å². The van der Waals surface area contributed by atoms with Gasteiger partial charge in [-0.2, -0.15) is 0 Å². The fourth-order valence-corrected chi connectivity index (χ4v) is 4.04. The highest BCUT2D eigenvalue weighted by Crippen LogP contribution is 2.28. The Morgan fingerprint density at radius 1 is 1.10 bits per heavy atom. The molecule has 1 aromatic heterocycles. The van der Waals surface area contributed by atoms with Crippen LogP contribution in [0.5, 0.6) is 0 Å². The fraction of sp³-hybridized carbons (Fsp3) is 0.0455. The molecular formula is C22H17ClFN3OS. The number of imidazole rings is 1. The number of aromatic amines is 1. The molecule has 2 N–H and O–H groups in total. The molecule has 3 aromatic carbocycles. The van der Waals surface area contributed by atoms with Gasteiger partial charge in [0.25, 0.3) is 0 Å². The quantitative estimate of drug-likeness (QED) is 0.447. The lowest BCUT2D eigenvalue weighted by molar-refractivity contribution is 0.628. The SMILES string of the molecule is CNS(=O)c1ccccc1-c1ccc2nc(/C=C/c3ccc(F)c(Cl)c3)[nH]c2c1. The Balaban J connectivity index is 1.67. The molecule has 0 aliphatic rings. The van der Waals surface area contributed by atoms with E-state index < -0.39 is 16.8 Å². The van der Waals surface area contributed by atoms with Gasteiger partial charge in [-0.3, -0.25) is 0 Å². The van der Waals surface area contributed by atoms with Crippen molar-refractivity contribution in [3.8, 4) is 11.1 Å². The van der Waals surface area contributed by atoms with Gasteiger partial charge in [0.15, 0.2) is 0 Å². The number of fused-ring (bicyclic) bond motifs is 1. The molecule has 4 aromatic rings. The van der Waals surface area contributed by atoms with Crippen LogP contribution in [-0.2, 0) is 11.0 Å². The van der Waals surface area contributed by atoms with Crippen LogP contribution in [0.15, 0.2) is 65.6 Å². The minimum atomic E-state index is -1.28. The maximum atomic E-state index is 13.3. The van der Waals surface area contributed by atoms with Crippen LogP contribution in [0, 0.1) is 5.82 Å². The maximum Gasteiger partial charge on any atom is 0.141 e. The van der Waals surface area contributed by atoms with Crippen molar-refractivity contribution in [1.82, 2.24) is 14.7 Å². The van der Waals surface area contributed by atoms with Crippen LogP contribution in [0.3, 0.4) is 0 Å². The highest BCUT2D eigenvalue weighted by Gasteiger charge is 2.11. The molecule has 0 saturated carbocycles. The van der Waals surface area contributed by atoms with Crippen LogP contribution in [0.4, 0.5) is 4.39 Å². The maximum absolute atomic E-state index is 13.3. The van der Waals surface area contributed by atoms with Gasteiger partial charge in [-0.25, -0.2) is 18.3 Å². The molecular weight excluding hydrogens is 409 g/mol. The molecule has 7 heteroatoms. The lowest BCUT2D eigenvalue weighted by Gasteiger charge is -2.08. The third kappa shape index (κ3) is 4.15. The second-order valence-electron chi connectivity index (χ2n) is 6.33. The molecule has 0 fully saturated rings. The highest BCUT2D eigenvalue weighted by atomic mass is 35.5. The van der Waals surface area contributed by atoms with Crippen molar-refractivity contribution in [3.05, 3.63) is 82.9 Å². The van der Waals surface area contributed by atoms with Crippen LogP contribution in [0.2, 0.25) is 5.02 Å². The van der Waals surface area contributed by atoms with Crippen molar-refractivity contribution in [2.75, 3.05) is 7.05 Å². The summed E-state index contributed by atoms with van der Waals surface area (Å²) in [5.74, 6) is 0.226. The van der Waals surface area contributed by atoms with Crippen LogP contribution in [0.1, 0.15) is 11.4 Å². The van der Waals surface area contributed by atoms with Crippen molar-refractivity contribution in [1.29, 1.82) is 0 Å². The number of nitrogens with zero attached hydrogens (tertiary/aromatic N) is 1. The van der Waals surface area contributed by atoms with Gasteiger partial charge in [-0.1, -0.05) is 48.0 Å². The predicted molar refractivity (Wildman–Crippen MR) is 117 cm³/mol. The Bertz CT molecular complexity index is 1250. The second-order valence-corrected chi connectivity index (χ2v) is 8.12. The molecule has 1 atom stereocenters. The van der Waals surface area contributed by atoms with Crippen molar-refractivity contribution in [3.63, 3.8) is 0 Å². The molecule has 0 aliphatic heterocycles. The summed E-state index contributed by atoms with van der Waals surface area (Å²) in [7, 11) is 0.381. The summed E-state index contributed by atoms with van der Waals surface area (Å²) in [6.07, 6.45) is 3.63. The first-order valence-electron chi connectivity index (χ1n) is 8.86. The topological polar surface area (TPSA) is 57.8 Å². The van der Waals surface area contributed by atoms with Gasteiger partial charge in [0, 0.05) is 0 Å². The van der Waals surface area contributed by atoms with Crippen molar-refractivity contribution >= 4 is 45.8 Å². The van der Waals surface area contributed by atoms with E-state index in [1.165, 1.54) is 6.07 Å². The summed E-state index contributed by atoms with van der Waals surface area (Å²) < 4.78 is 28.3. The smallest absolute Gasteiger partial charge is 0.141 e. The van der Waals surface area contributed by atoms with Crippen LogP contribution < -0.4 is 4.72 Å². The van der Waals surface area contributed by atoms with E-state index in [1.807, 2.05) is 54.6 Å². The largest absolute Gasteiger partial charge is 0.338 e. The van der Waals surface area contributed by atoms with E-state index >= 15 is 0 Å². The summed E-state index contributed by atoms with van der Waals surface area (Å²) in [5.41, 5.74) is 4.30. The Labute approximate surface area is 175 Å². The minimum Gasteiger partial charge on any atom is -0.338 e. The van der Waals surface area contributed by atoms with Gasteiger partial charge >= 0.3 is 0 Å². The molecule has 0 bridgehead atoms. The zero-order valence-corrected chi connectivity index (χ0v) is 17.0. The number of aromatic nitrogens is 2. The summed E-state index contributed by atoms with van der Waals surface area (Å²) in [4.78, 5) is 8.55. The monoisotopic (exact) mass is 425 g/mol. The van der Waals surface area contributed by atoms with Crippen LogP contribution >= 0.6 is 11.6 Å². The van der Waals surface area contributed by atoms with Crippen LogP contribution in [-0.4, -0.2) is 21.2 Å². The fourth-order valence-electron chi connectivity index (χ4n) is 3.04. The number of hydrogen-bond donors (Lipinski definition) is 2. The predicted octanol–water partition coefficient (Wildman–Crippen LogP) is 5.43. The van der Waals surface area contributed by atoms with E-state index in [-0.39, 0.29) is 5.02 Å². The molecule has 1 unspecified atom stereocenters. The van der Waals surface area contributed by atoms with Crippen molar-refractivity contribution in [2.24, 2.45) is 0 Å². The number of halogens is 2. The summed E-state index contributed by atoms with van der Waals surface area (Å²) in [6.45, 7) is 0. The Morgan fingerprint density at radius 3 is 2.72 bits per heavy atom. The van der Waals surface area contributed by atoms with Crippen molar-refractivity contribution < 1.29 is 8.60 Å². The number of benzene rings is 3. The van der Waals surface area contributed by atoms with E-state index in [0.717, 1.165) is 32.6 Å². The average molecular weight is 426 g/mol. The summed E-state index contributed by atoms with van der Waals surface area (Å²) in [5, 5.41) is 0.0824. The molecule has 4 rings (SSSR count). The minimum absolute atomic E-state index is 0.0824. The molecule has 0 saturated heterocycles. The van der Waals surface area contributed by atoms with Gasteiger partial charge in [0.1, 0.15) is 22.6 Å². The third-order valence-electron chi connectivity index (χ3n) is 4.46. The molecule has 0 spiro atoms. The van der Waals surface area contributed by atoms with Gasteiger partial charge in [0.05, 0.1) is 21.0 Å². The first-order chi connectivity index (χ1) is 14.0. The molecule has 29 heavy (non-hydrogen) atoms. The zero-order valence-electron chi connectivity index (χ0n) is 15.4. The number of nitrogens with one attached hydrogen (secondary N) is 2. The zero-order chi connectivity index (χ0) is 20.4. The molecule has 1 heterocycles. The van der Waals surface area contributed by atoms with Gasteiger partial charge < -0.3 is 4.98 Å². The van der Waals surface area contributed by atoms with E-state index in [1.54, 1.807) is 19.2 Å². The summed E-state index contributed by atoms with van der Waals surface area (Å²) >= 11 is 5.82. The van der Waals surface area contributed by atoms with E-state index in [0.29, 0.717) is 5.82 Å². The second kappa shape index (κ2) is 8.29. The Morgan fingerprint density at radius 2 is 1.93 bits per heavy atom. The average Bonchev–Trinajstić information content (AvgIpc) is 3.16. The molecule has 0 radical (unpaired) electrons. The molecule has 146 valence electrons. The standard InChI is InChI=1S/C22H17ClFN3OS/c1-25-29(28)21-5-3-2-4-16(21)15-8-10-19-20(13-15)27-22(26-19)11-7-14-6-9-18(24)17(23)12-14/h2-13,25H,1H3,(H,26,27)/b11-7+. The lowest BCUT2D eigenvalue weighted by atomic mass is 10.1. The lowest BCUT2D eigenvalue weighted by Crippen LogP contribution is -2.11. The molecule has 0 aliphatic carbocycles. The Hall–Kier alpha value is -2.80. The van der Waals surface area contributed by atoms with E-state index in [2.05, 4.69) is 14.7 Å². The first-order valence-corrected chi connectivity index (χ1v) is 10.4. The van der Waals surface area contributed by atoms with E-state index in [9.17, 15) is 8.60 Å². The van der Waals surface area contributed by atoms with Crippen molar-refractivity contribution in [2.45, 2.75) is 4.90 Å². The van der Waals surface area contributed by atoms with E-state index in [4.69, 9.17) is 11.6 Å². The first kappa shape index (κ1) is 19.5. The number of hydrogen-bond acceptors (Lipinski definition) is 2. The molecule has 0 amide bonds. The van der Waals surface area contributed by atoms with Gasteiger partial charge in [-0.15, -0.1) is 0 Å². The van der Waals surface area contributed by atoms with Gasteiger partial charge in [0.2, 0.25) is 0 Å². The third-order valence-corrected chi connectivity index (χ3v) is 5.88. The number of rotatable bonds is 5. The van der Waals surface area contributed by atoms with Crippen LogP contribution in [0.25, 0.3) is 34.3 Å². The highest BCUT2D eigenvalue weighted by molar-refractivity contribution is 7.83. The Kier molecular flexibility index (Phi) is 5.58. The normalized spacial score (nSPS) is 12.7.